The maximum absolute atomic E-state index is 14.0. The van der Waals surface area contributed by atoms with Crippen molar-refractivity contribution < 1.29 is 29.1 Å². The lowest BCUT2D eigenvalue weighted by atomic mass is 9.70. The molecule has 5 amide bonds. The molecule has 1 unspecified atom stereocenters. The van der Waals surface area contributed by atoms with Crippen LogP contribution in [0.1, 0.15) is 114 Å². The fraction of sp³-hybridized carbons (Fsp3) is 0.434. The summed E-state index contributed by atoms with van der Waals surface area (Å²) >= 11 is 0. The minimum atomic E-state index is -0.995. The Hall–Kier alpha value is -7.14. The second-order valence-corrected chi connectivity index (χ2v) is 21.0. The number of aliphatic hydroxyl groups excluding tert-OH is 1. The summed E-state index contributed by atoms with van der Waals surface area (Å²) in [5.41, 5.74) is 7.88. The lowest BCUT2D eigenvalue weighted by molar-refractivity contribution is -0.136. The van der Waals surface area contributed by atoms with E-state index in [0.29, 0.717) is 52.7 Å². The van der Waals surface area contributed by atoms with Crippen molar-refractivity contribution in [3.05, 3.63) is 111 Å². The molecule has 1 spiro atoms. The first-order valence-electron chi connectivity index (χ1n) is 24.6. The Bertz CT molecular complexity index is 3090. The quantitative estimate of drug-likeness (QED) is 0.160. The standard InChI is InChI=1S/C53H58N10O7/c1-31-26-53(15-5-19-59(20-16-53)35-10-11-37-38(25-35)49(68)63(48(37)67)41-12-13-44(65)57-47(41)66)17-21-60(31)34-8-6-33(7-9-34)55-45-51(70)58(4)29-40(56-45)36-14-18-54-46(39(36)30-64)62-23-22-61-42(50(62)69)24-32-27-52(2,3)28-43(32)61/h6-11,14,18,24-25,29,31,41,64H,5,12-13,15-17,19-23,26-28,30H2,1-4H3,(H,55,56)(H,57,65,66)/t31-,41?,53+/m0/s1. The van der Waals surface area contributed by atoms with E-state index in [2.05, 4.69) is 62.9 Å². The number of nitrogens with zero attached hydrogens (tertiary/aromatic N) is 8. The molecule has 3 fully saturated rings. The van der Waals surface area contributed by atoms with Gasteiger partial charge >= 0.3 is 0 Å². The molecule has 8 heterocycles. The van der Waals surface area contributed by atoms with Crippen molar-refractivity contribution in [1.29, 1.82) is 0 Å². The van der Waals surface area contributed by atoms with E-state index in [4.69, 9.17) is 4.98 Å². The molecule has 70 heavy (non-hydrogen) atoms. The second-order valence-electron chi connectivity index (χ2n) is 21.0. The summed E-state index contributed by atoms with van der Waals surface area (Å²) in [4.78, 5) is 95.6. The van der Waals surface area contributed by atoms with E-state index in [0.717, 1.165) is 80.9 Å². The van der Waals surface area contributed by atoms with Crippen molar-refractivity contribution in [3.8, 4) is 11.3 Å². The molecular formula is C53H58N10O7. The normalized spacial score (nSPS) is 23.1. The van der Waals surface area contributed by atoms with Gasteiger partial charge in [0.25, 0.3) is 23.3 Å². The SMILES string of the molecule is C[C@H]1C[C@@]2(CCCN(c3ccc4c(c3)C(=O)N(C3CCC(=O)NC3=O)C4=O)CC2)CCN1c1ccc(Nc2nc(-c3ccnc(N4CCn5c(cc6c5CC(C)(C)C6)C4=O)c3CO)cn(C)c2=O)cc1. The van der Waals surface area contributed by atoms with E-state index in [-0.39, 0.29) is 59.2 Å². The maximum atomic E-state index is 14.0. The summed E-state index contributed by atoms with van der Waals surface area (Å²) < 4.78 is 3.62. The van der Waals surface area contributed by atoms with Gasteiger partial charge in [0.05, 0.1) is 23.4 Å². The molecule has 17 nitrogen and oxygen atoms in total. The Balaban J connectivity index is 0.745. The van der Waals surface area contributed by atoms with Crippen molar-refractivity contribution >= 4 is 58.2 Å². The van der Waals surface area contributed by atoms with Gasteiger partial charge in [-0.2, -0.15) is 0 Å². The van der Waals surface area contributed by atoms with Crippen LogP contribution in [0.4, 0.5) is 28.7 Å². The van der Waals surface area contributed by atoms with Gasteiger partial charge in [-0.15, -0.1) is 0 Å². The predicted molar refractivity (Wildman–Crippen MR) is 263 cm³/mol. The zero-order valence-electron chi connectivity index (χ0n) is 40.1. The Labute approximate surface area is 405 Å². The number of aryl methyl sites for hydroxylation is 1. The summed E-state index contributed by atoms with van der Waals surface area (Å²) in [6.45, 7) is 10.00. The van der Waals surface area contributed by atoms with E-state index in [9.17, 15) is 33.9 Å². The van der Waals surface area contributed by atoms with Crippen LogP contribution in [0.3, 0.4) is 0 Å². The third kappa shape index (κ3) is 7.74. The van der Waals surface area contributed by atoms with E-state index in [1.165, 1.54) is 15.8 Å². The number of aliphatic hydroxyl groups is 1. The number of pyridine rings is 1. The van der Waals surface area contributed by atoms with E-state index < -0.39 is 29.7 Å². The highest BCUT2D eigenvalue weighted by atomic mass is 16.3. The van der Waals surface area contributed by atoms with E-state index >= 15 is 0 Å². The van der Waals surface area contributed by atoms with E-state index in [1.807, 2.05) is 24.3 Å². The number of benzene rings is 2. The second kappa shape index (κ2) is 17.1. The number of imide groups is 2. The highest BCUT2D eigenvalue weighted by Crippen LogP contribution is 2.46. The smallest absolute Gasteiger partial charge is 0.293 e. The molecule has 17 heteroatoms. The first-order valence-corrected chi connectivity index (χ1v) is 24.6. The molecule has 0 bridgehead atoms. The molecule has 6 aliphatic rings. The number of amides is 5. The van der Waals surface area contributed by atoms with Gasteiger partial charge in [-0.3, -0.25) is 43.9 Å². The number of anilines is 5. The minimum Gasteiger partial charge on any atom is -0.392 e. The number of carbonyl (C=O) groups is 5. The summed E-state index contributed by atoms with van der Waals surface area (Å²) in [6.07, 6.45) is 10.4. The molecule has 3 N–H and O–H groups in total. The zero-order chi connectivity index (χ0) is 48.8. The molecule has 3 aromatic heterocycles. The van der Waals surface area contributed by atoms with Gasteiger partial charge in [0.15, 0.2) is 5.82 Å². The first kappa shape index (κ1) is 45.3. The number of nitrogens with one attached hydrogen (secondary N) is 2. The van der Waals surface area contributed by atoms with Crippen molar-refractivity contribution in [2.45, 2.75) is 104 Å². The molecule has 0 radical (unpaired) electrons. The molecular weight excluding hydrogens is 889 g/mol. The number of aromatic nitrogens is 4. The Morgan fingerprint density at radius 1 is 0.829 bits per heavy atom. The summed E-state index contributed by atoms with van der Waals surface area (Å²) in [5, 5.41) is 16.3. The van der Waals surface area contributed by atoms with Crippen LogP contribution in [0.5, 0.6) is 0 Å². The fourth-order valence-corrected chi connectivity index (χ4v) is 12.3. The summed E-state index contributed by atoms with van der Waals surface area (Å²) in [5.74, 6) is -1.65. The van der Waals surface area contributed by atoms with Crippen LogP contribution in [0.15, 0.2) is 71.8 Å². The molecule has 0 saturated carbocycles. The summed E-state index contributed by atoms with van der Waals surface area (Å²) in [7, 11) is 1.67. The van der Waals surface area contributed by atoms with Crippen LogP contribution in [0, 0.1) is 10.8 Å². The lowest BCUT2D eigenvalue weighted by Gasteiger charge is -2.46. The number of hydrogen-bond donors (Lipinski definition) is 3. The first-order chi connectivity index (χ1) is 33.6. The van der Waals surface area contributed by atoms with Gasteiger partial charge in [0.2, 0.25) is 11.8 Å². The third-order valence-corrected chi connectivity index (χ3v) is 15.9. The van der Waals surface area contributed by atoms with Gasteiger partial charge in [-0.25, -0.2) is 9.97 Å². The largest absolute Gasteiger partial charge is 0.392 e. The molecule has 3 saturated heterocycles. The summed E-state index contributed by atoms with van der Waals surface area (Å²) in [6, 6.07) is 16.5. The molecule has 3 atom stereocenters. The van der Waals surface area contributed by atoms with Crippen molar-refractivity contribution in [2.75, 3.05) is 46.2 Å². The van der Waals surface area contributed by atoms with Crippen LogP contribution < -0.4 is 30.9 Å². The number of fused-ring (bicyclic) bond motifs is 4. The number of carbonyl (C=O) groups excluding carboxylic acids is 5. The number of hydrogen-bond acceptors (Lipinski definition) is 12. The highest BCUT2D eigenvalue weighted by molar-refractivity contribution is 6.23. The van der Waals surface area contributed by atoms with Gasteiger partial charge in [-0.1, -0.05) is 13.8 Å². The zero-order valence-corrected chi connectivity index (χ0v) is 40.1. The monoisotopic (exact) mass is 946 g/mol. The molecule has 1 aliphatic carbocycles. The fourth-order valence-electron chi connectivity index (χ4n) is 12.3. The van der Waals surface area contributed by atoms with E-state index in [1.54, 1.807) is 42.5 Å². The van der Waals surface area contributed by atoms with Crippen molar-refractivity contribution in [1.82, 2.24) is 29.3 Å². The molecule has 2 aromatic carbocycles. The minimum absolute atomic E-state index is 0.0783. The van der Waals surface area contributed by atoms with Crippen LogP contribution >= 0.6 is 0 Å². The molecule has 362 valence electrons. The van der Waals surface area contributed by atoms with Crippen molar-refractivity contribution in [2.24, 2.45) is 17.9 Å². The van der Waals surface area contributed by atoms with Crippen LogP contribution in [0.25, 0.3) is 11.3 Å². The number of piperidine rings is 2. The highest BCUT2D eigenvalue weighted by Gasteiger charge is 2.46. The van der Waals surface area contributed by atoms with Gasteiger partial charge in [0, 0.05) is 98.5 Å². The van der Waals surface area contributed by atoms with Gasteiger partial charge in [-0.05, 0) is 129 Å². The van der Waals surface area contributed by atoms with Crippen molar-refractivity contribution in [3.63, 3.8) is 0 Å². The maximum Gasteiger partial charge on any atom is 0.293 e. The molecule has 5 aromatic rings. The van der Waals surface area contributed by atoms with Gasteiger partial charge < -0.3 is 29.4 Å². The lowest BCUT2D eigenvalue weighted by Crippen LogP contribution is -2.54. The topological polar surface area (TPSA) is 195 Å². The number of rotatable bonds is 8. The average Bonchev–Trinajstić information content (AvgIpc) is 3.85. The predicted octanol–water partition coefficient (Wildman–Crippen LogP) is 5.73. The third-order valence-electron chi connectivity index (χ3n) is 15.9. The van der Waals surface area contributed by atoms with Gasteiger partial charge in [0.1, 0.15) is 17.6 Å². The molecule has 11 rings (SSSR count). The Morgan fingerprint density at radius 3 is 2.37 bits per heavy atom. The average molecular weight is 947 g/mol. The molecule has 5 aliphatic heterocycles. The van der Waals surface area contributed by atoms with Crippen LogP contribution in [0.2, 0.25) is 0 Å². The Kier molecular flexibility index (Phi) is 11.0. The van der Waals surface area contributed by atoms with Crippen LogP contribution in [-0.2, 0) is 42.6 Å². The van der Waals surface area contributed by atoms with Crippen LogP contribution in [-0.4, -0.2) is 96.9 Å². The Morgan fingerprint density at radius 2 is 1.60 bits per heavy atom.